The standard InChI is InChI=1S/C14H17Cl2NO3/c1-3-17(4-2)13(18)9-20-14(19)8-10-5-6-11(15)12(16)7-10/h5-7H,3-4,8-9H2,1-2H3. The molecule has 0 aliphatic rings. The molecule has 0 saturated heterocycles. The SMILES string of the molecule is CCN(CC)C(=O)COC(=O)Cc1ccc(Cl)c(Cl)c1. The molecule has 6 heteroatoms. The van der Waals surface area contributed by atoms with Gasteiger partial charge < -0.3 is 9.64 Å². The second-order valence-electron chi connectivity index (χ2n) is 4.15. The van der Waals surface area contributed by atoms with Crippen LogP contribution in [0.2, 0.25) is 10.0 Å². The summed E-state index contributed by atoms with van der Waals surface area (Å²) in [6.07, 6.45) is 0.0580. The van der Waals surface area contributed by atoms with Crippen molar-refractivity contribution in [2.24, 2.45) is 0 Å². The van der Waals surface area contributed by atoms with E-state index in [1.54, 1.807) is 23.1 Å². The monoisotopic (exact) mass is 317 g/mol. The van der Waals surface area contributed by atoms with Crippen LogP contribution in [0.4, 0.5) is 0 Å². The van der Waals surface area contributed by atoms with Crippen LogP contribution in [0.5, 0.6) is 0 Å². The average molecular weight is 318 g/mol. The van der Waals surface area contributed by atoms with Crippen molar-refractivity contribution in [2.45, 2.75) is 20.3 Å². The number of esters is 1. The number of hydrogen-bond donors (Lipinski definition) is 0. The van der Waals surface area contributed by atoms with E-state index in [4.69, 9.17) is 27.9 Å². The fraction of sp³-hybridized carbons (Fsp3) is 0.429. The molecule has 110 valence electrons. The lowest BCUT2D eigenvalue weighted by atomic mass is 10.1. The quantitative estimate of drug-likeness (QED) is 0.758. The molecule has 0 radical (unpaired) electrons. The van der Waals surface area contributed by atoms with Gasteiger partial charge in [-0.2, -0.15) is 0 Å². The second-order valence-corrected chi connectivity index (χ2v) is 4.97. The Morgan fingerprint density at radius 2 is 1.80 bits per heavy atom. The van der Waals surface area contributed by atoms with Crippen molar-refractivity contribution < 1.29 is 14.3 Å². The van der Waals surface area contributed by atoms with Crippen LogP contribution in [0, 0.1) is 0 Å². The van der Waals surface area contributed by atoms with Gasteiger partial charge in [0, 0.05) is 13.1 Å². The van der Waals surface area contributed by atoms with Crippen molar-refractivity contribution in [2.75, 3.05) is 19.7 Å². The molecule has 1 aromatic carbocycles. The minimum Gasteiger partial charge on any atom is -0.455 e. The molecular weight excluding hydrogens is 301 g/mol. The number of carbonyl (C=O) groups is 2. The summed E-state index contributed by atoms with van der Waals surface area (Å²) < 4.78 is 4.96. The summed E-state index contributed by atoms with van der Waals surface area (Å²) in [5.41, 5.74) is 0.694. The van der Waals surface area contributed by atoms with Gasteiger partial charge in [0.25, 0.3) is 5.91 Å². The summed E-state index contributed by atoms with van der Waals surface area (Å²) in [4.78, 5) is 24.9. The summed E-state index contributed by atoms with van der Waals surface area (Å²) in [5, 5.41) is 0.816. The largest absolute Gasteiger partial charge is 0.455 e. The van der Waals surface area contributed by atoms with Crippen LogP contribution in [0.15, 0.2) is 18.2 Å². The van der Waals surface area contributed by atoms with E-state index in [0.717, 1.165) is 0 Å². The van der Waals surface area contributed by atoms with Gasteiger partial charge in [0.15, 0.2) is 6.61 Å². The van der Waals surface area contributed by atoms with E-state index in [9.17, 15) is 9.59 Å². The number of hydrogen-bond acceptors (Lipinski definition) is 3. The molecule has 1 aromatic rings. The van der Waals surface area contributed by atoms with Crippen LogP contribution >= 0.6 is 23.2 Å². The lowest BCUT2D eigenvalue weighted by molar-refractivity contribution is -0.151. The number of ether oxygens (including phenoxy) is 1. The maximum absolute atomic E-state index is 11.7. The molecule has 20 heavy (non-hydrogen) atoms. The molecule has 1 amide bonds. The molecule has 0 unspecified atom stereocenters. The first-order valence-electron chi connectivity index (χ1n) is 6.35. The Labute approximate surface area is 128 Å². The van der Waals surface area contributed by atoms with Crippen molar-refractivity contribution in [1.82, 2.24) is 4.90 Å². The highest BCUT2D eigenvalue weighted by atomic mass is 35.5. The van der Waals surface area contributed by atoms with Gasteiger partial charge in [0.05, 0.1) is 16.5 Å². The van der Waals surface area contributed by atoms with Gasteiger partial charge in [-0.25, -0.2) is 0 Å². The third kappa shape index (κ3) is 5.02. The van der Waals surface area contributed by atoms with E-state index in [2.05, 4.69) is 0 Å². The van der Waals surface area contributed by atoms with E-state index in [1.165, 1.54) is 0 Å². The van der Waals surface area contributed by atoms with Crippen LogP contribution in [0.3, 0.4) is 0 Å². The zero-order valence-corrected chi connectivity index (χ0v) is 13.0. The first kappa shape index (κ1) is 16.8. The molecule has 0 atom stereocenters. The molecule has 0 aromatic heterocycles. The smallest absolute Gasteiger partial charge is 0.310 e. The minimum atomic E-state index is -0.469. The molecule has 1 rings (SSSR count). The van der Waals surface area contributed by atoms with E-state index in [1.807, 2.05) is 13.8 Å². The molecule has 0 fully saturated rings. The van der Waals surface area contributed by atoms with Gasteiger partial charge >= 0.3 is 5.97 Å². The second kappa shape index (κ2) is 8.12. The lowest BCUT2D eigenvalue weighted by Crippen LogP contribution is -2.34. The van der Waals surface area contributed by atoms with E-state index >= 15 is 0 Å². The number of benzene rings is 1. The molecular formula is C14H17Cl2NO3. The lowest BCUT2D eigenvalue weighted by Gasteiger charge is -2.18. The van der Waals surface area contributed by atoms with Gasteiger partial charge in [-0.1, -0.05) is 29.3 Å². The number of rotatable bonds is 6. The highest BCUT2D eigenvalue weighted by molar-refractivity contribution is 6.42. The fourth-order valence-electron chi connectivity index (χ4n) is 1.68. The Hall–Kier alpha value is -1.26. The van der Waals surface area contributed by atoms with Crippen LogP contribution in [0.25, 0.3) is 0 Å². The third-order valence-electron chi connectivity index (χ3n) is 2.81. The topological polar surface area (TPSA) is 46.6 Å². The first-order valence-corrected chi connectivity index (χ1v) is 7.10. The van der Waals surface area contributed by atoms with Crippen LogP contribution in [-0.4, -0.2) is 36.5 Å². The Morgan fingerprint density at radius 1 is 1.15 bits per heavy atom. The van der Waals surface area contributed by atoms with Crippen molar-refractivity contribution in [3.8, 4) is 0 Å². The van der Waals surface area contributed by atoms with Gasteiger partial charge in [0.2, 0.25) is 0 Å². The number of likely N-dealkylation sites (N-methyl/N-ethyl adjacent to an activating group) is 1. The molecule has 0 N–H and O–H groups in total. The molecule has 0 aliphatic heterocycles. The van der Waals surface area contributed by atoms with Crippen molar-refractivity contribution in [3.63, 3.8) is 0 Å². The number of halogens is 2. The van der Waals surface area contributed by atoms with Crippen LogP contribution < -0.4 is 0 Å². The van der Waals surface area contributed by atoms with E-state index in [0.29, 0.717) is 28.7 Å². The summed E-state index contributed by atoms with van der Waals surface area (Å²) in [7, 11) is 0. The summed E-state index contributed by atoms with van der Waals surface area (Å²) >= 11 is 11.6. The zero-order chi connectivity index (χ0) is 15.1. The van der Waals surface area contributed by atoms with Gasteiger partial charge in [-0.05, 0) is 31.5 Å². The van der Waals surface area contributed by atoms with Crippen LogP contribution in [-0.2, 0) is 20.7 Å². The third-order valence-corrected chi connectivity index (χ3v) is 3.54. The van der Waals surface area contributed by atoms with Crippen LogP contribution in [0.1, 0.15) is 19.4 Å². The molecule has 0 aliphatic carbocycles. The van der Waals surface area contributed by atoms with Gasteiger partial charge in [-0.15, -0.1) is 0 Å². The molecule has 0 heterocycles. The molecule has 0 spiro atoms. The summed E-state index contributed by atoms with van der Waals surface area (Å²) in [6.45, 7) is 4.71. The van der Waals surface area contributed by atoms with Crippen molar-refractivity contribution in [3.05, 3.63) is 33.8 Å². The zero-order valence-electron chi connectivity index (χ0n) is 11.5. The summed E-state index contributed by atoms with van der Waals surface area (Å²) in [6, 6.07) is 4.92. The molecule has 4 nitrogen and oxygen atoms in total. The maximum Gasteiger partial charge on any atom is 0.310 e. The predicted molar refractivity (Wildman–Crippen MR) is 79.1 cm³/mol. The Balaban J connectivity index is 2.47. The molecule has 0 bridgehead atoms. The highest BCUT2D eigenvalue weighted by Gasteiger charge is 2.13. The van der Waals surface area contributed by atoms with Crippen molar-refractivity contribution >= 4 is 35.1 Å². The Kier molecular flexibility index (Phi) is 6.82. The Bertz CT molecular complexity index is 487. The molecule has 0 saturated carbocycles. The minimum absolute atomic E-state index is 0.0580. The predicted octanol–water partition coefficient (Wildman–Crippen LogP) is 2.95. The normalized spacial score (nSPS) is 10.2. The number of carbonyl (C=O) groups excluding carboxylic acids is 2. The average Bonchev–Trinajstić information content (AvgIpc) is 2.42. The van der Waals surface area contributed by atoms with Gasteiger partial charge in [-0.3, -0.25) is 9.59 Å². The number of nitrogens with zero attached hydrogens (tertiary/aromatic N) is 1. The highest BCUT2D eigenvalue weighted by Crippen LogP contribution is 2.22. The number of amides is 1. The van der Waals surface area contributed by atoms with Crippen molar-refractivity contribution in [1.29, 1.82) is 0 Å². The summed E-state index contributed by atoms with van der Waals surface area (Å²) in [5.74, 6) is -0.665. The maximum atomic E-state index is 11.7. The Morgan fingerprint density at radius 3 is 2.35 bits per heavy atom. The van der Waals surface area contributed by atoms with Gasteiger partial charge in [0.1, 0.15) is 0 Å². The van der Waals surface area contributed by atoms with E-state index < -0.39 is 5.97 Å². The van der Waals surface area contributed by atoms with E-state index in [-0.39, 0.29) is 18.9 Å². The first-order chi connectivity index (χ1) is 9.47. The fourth-order valence-corrected chi connectivity index (χ4v) is 2.00.